The normalized spacial score (nSPS) is 15.8. The molecule has 2 aromatic heterocycles. The van der Waals surface area contributed by atoms with Gasteiger partial charge in [-0.3, -0.25) is 19.3 Å². The number of carbonyl (C=O) groups is 2. The monoisotopic (exact) mass is 480 g/mol. The largest absolute Gasteiger partial charge is 0.416 e. The molecule has 1 aliphatic rings. The summed E-state index contributed by atoms with van der Waals surface area (Å²) in [6.07, 6.45) is -0.967. The lowest BCUT2D eigenvalue weighted by Crippen LogP contribution is -2.43. The maximum absolute atomic E-state index is 13.8. The fourth-order valence-corrected chi connectivity index (χ4v) is 3.75. The number of hydrogen-bond donors (Lipinski definition) is 0. The van der Waals surface area contributed by atoms with Gasteiger partial charge in [-0.25, -0.2) is 4.39 Å². The van der Waals surface area contributed by atoms with Gasteiger partial charge in [-0.2, -0.15) is 31.8 Å². The molecule has 3 heterocycles. The van der Waals surface area contributed by atoms with Crippen LogP contribution >= 0.6 is 13.5 Å². The molecule has 0 aliphatic carbocycles. The summed E-state index contributed by atoms with van der Waals surface area (Å²) in [6.45, 7) is 3.49. The summed E-state index contributed by atoms with van der Waals surface area (Å²) in [7, 11) is 0. The Hall–Kier alpha value is -3.21. The molecule has 174 valence electrons. The van der Waals surface area contributed by atoms with E-state index in [4.69, 9.17) is 0 Å². The van der Waals surface area contributed by atoms with Gasteiger partial charge < -0.3 is 4.90 Å². The first-order valence-electron chi connectivity index (χ1n) is 9.76. The van der Waals surface area contributed by atoms with Crippen molar-refractivity contribution in [1.82, 2.24) is 14.8 Å². The number of rotatable bonds is 4. The molecule has 1 aliphatic heterocycles. The molecule has 1 atom stereocenters. The van der Waals surface area contributed by atoms with Crippen LogP contribution in [-0.4, -0.2) is 33.0 Å². The molecule has 0 fully saturated rings. The molecular formula is C22H20F4N4O2S. The first-order chi connectivity index (χ1) is 15.1. The van der Waals surface area contributed by atoms with E-state index in [0.717, 1.165) is 18.3 Å². The summed E-state index contributed by atoms with van der Waals surface area (Å²) in [5.41, 5.74) is 0.308. The molecule has 0 N–H and O–H groups in total. The number of pyridine rings is 1. The SMILES string of the molecule is Cc1c(F)cncc1C(=O)Cc1cnn2c1C(=O)N(c1ccc(C(F)(F)F)cc1)C[C@@H]2C.S. The number of anilines is 1. The second kappa shape index (κ2) is 8.97. The minimum atomic E-state index is -4.48. The Kier molecular flexibility index (Phi) is 6.64. The lowest BCUT2D eigenvalue weighted by atomic mass is 10.00. The highest BCUT2D eigenvalue weighted by Crippen LogP contribution is 2.33. The molecule has 11 heteroatoms. The van der Waals surface area contributed by atoms with Crippen LogP contribution in [0.3, 0.4) is 0 Å². The fraction of sp³-hybridized carbons (Fsp3) is 0.273. The lowest BCUT2D eigenvalue weighted by molar-refractivity contribution is -0.137. The molecule has 1 amide bonds. The van der Waals surface area contributed by atoms with Gasteiger partial charge in [-0.05, 0) is 43.7 Å². The lowest BCUT2D eigenvalue weighted by Gasteiger charge is -2.32. The predicted octanol–water partition coefficient (Wildman–Crippen LogP) is 4.50. The van der Waals surface area contributed by atoms with Crippen molar-refractivity contribution in [2.75, 3.05) is 11.4 Å². The Bertz CT molecular complexity index is 1210. The van der Waals surface area contributed by atoms with Crippen LogP contribution in [0.15, 0.2) is 42.9 Å². The summed E-state index contributed by atoms with van der Waals surface area (Å²) in [5, 5.41) is 4.23. The van der Waals surface area contributed by atoms with Gasteiger partial charge in [0.1, 0.15) is 11.5 Å². The van der Waals surface area contributed by atoms with Gasteiger partial charge in [-0.15, -0.1) is 0 Å². The fourth-order valence-electron chi connectivity index (χ4n) is 3.75. The molecule has 0 saturated carbocycles. The summed E-state index contributed by atoms with van der Waals surface area (Å²) >= 11 is 0. The molecule has 0 unspecified atom stereocenters. The summed E-state index contributed by atoms with van der Waals surface area (Å²) in [5.74, 6) is -1.50. The minimum Gasteiger partial charge on any atom is -0.305 e. The van der Waals surface area contributed by atoms with E-state index in [2.05, 4.69) is 10.1 Å². The topological polar surface area (TPSA) is 68.1 Å². The molecule has 4 rings (SSSR count). The van der Waals surface area contributed by atoms with Crippen molar-refractivity contribution in [3.05, 3.63) is 76.6 Å². The molecule has 6 nitrogen and oxygen atoms in total. The minimum absolute atomic E-state index is 0. The highest BCUT2D eigenvalue weighted by Gasteiger charge is 2.35. The molecule has 33 heavy (non-hydrogen) atoms. The number of ketones is 1. The van der Waals surface area contributed by atoms with Crippen molar-refractivity contribution >= 4 is 30.9 Å². The quantitative estimate of drug-likeness (QED) is 0.407. The van der Waals surface area contributed by atoms with E-state index in [-0.39, 0.29) is 49.3 Å². The molecule has 0 saturated heterocycles. The highest BCUT2D eigenvalue weighted by molar-refractivity contribution is 7.59. The van der Waals surface area contributed by atoms with Crippen molar-refractivity contribution in [2.24, 2.45) is 0 Å². The number of aromatic nitrogens is 3. The first kappa shape index (κ1) is 24.4. The molecule has 0 spiro atoms. The molecule has 0 bridgehead atoms. The van der Waals surface area contributed by atoms with Crippen LogP contribution in [0.2, 0.25) is 0 Å². The van der Waals surface area contributed by atoms with Crippen LogP contribution in [0.1, 0.15) is 50.5 Å². The average molecular weight is 480 g/mol. The Labute approximate surface area is 193 Å². The van der Waals surface area contributed by atoms with Crippen molar-refractivity contribution in [1.29, 1.82) is 0 Å². The number of amides is 1. The van der Waals surface area contributed by atoms with E-state index < -0.39 is 29.2 Å². The van der Waals surface area contributed by atoms with E-state index in [1.807, 2.05) is 6.92 Å². The number of nitrogens with zero attached hydrogens (tertiary/aromatic N) is 4. The smallest absolute Gasteiger partial charge is 0.305 e. The third-order valence-corrected chi connectivity index (χ3v) is 5.49. The Morgan fingerprint density at radius 2 is 1.82 bits per heavy atom. The van der Waals surface area contributed by atoms with Gasteiger partial charge >= 0.3 is 6.18 Å². The van der Waals surface area contributed by atoms with Crippen LogP contribution < -0.4 is 4.90 Å². The molecule has 3 aromatic rings. The third-order valence-electron chi connectivity index (χ3n) is 5.49. The number of fused-ring (bicyclic) bond motifs is 1. The molecule has 1 aromatic carbocycles. The first-order valence-corrected chi connectivity index (χ1v) is 9.76. The second-order valence-electron chi connectivity index (χ2n) is 7.67. The predicted molar refractivity (Wildman–Crippen MR) is 117 cm³/mol. The van der Waals surface area contributed by atoms with Crippen LogP contribution in [-0.2, 0) is 12.6 Å². The third kappa shape index (κ3) is 4.50. The van der Waals surface area contributed by atoms with Crippen LogP contribution in [0.5, 0.6) is 0 Å². The number of benzene rings is 1. The second-order valence-corrected chi connectivity index (χ2v) is 7.67. The molecular weight excluding hydrogens is 460 g/mol. The van der Waals surface area contributed by atoms with E-state index in [0.29, 0.717) is 11.3 Å². The van der Waals surface area contributed by atoms with E-state index in [9.17, 15) is 27.2 Å². The van der Waals surface area contributed by atoms with Gasteiger partial charge in [0.15, 0.2) is 5.78 Å². The maximum atomic E-state index is 13.8. The van der Waals surface area contributed by atoms with E-state index in [1.54, 1.807) is 0 Å². The van der Waals surface area contributed by atoms with Crippen molar-refractivity contribution in [2.45, 2.75) is 32.5 Å². The number of Topliss-reactive ketones (excluding diaryl/α,β-unsaturated/α-hetero) is 1. The van der Waals surface area contributed by atoms with Gasteiger partial charge in [0.2, 0.25) is 0 Å². The number of alkyl halides is 3. The Balaban J connectivity index is 0.00000306. The number of halogens is 4. The zero-order chi connectivity index (χ0) is 23.2. The van der Waals surface area contributed by atoms with Crippen LogP contribution in [0.25, 0.3) is 0 Å². The van der Waals surface area contributed by atoms with E-state index in [1.165, 1.54) is 41.0 Å². The van der Waals surface area contributed by atoms with Crippen molar-refractivity contribution < 1.29 is 27.2 Å². The van der Waals surface area contributed by atoms with Crippen molar-refractivity contribution in [3.8, 4) is 0 Å². The van der Waals surface area contributed by atoms with Gasteiger partial charge in [-0.1, -0.05) is 0 Å². The maximum Gasteiger partial charge on any atom is 0.416 e. The zero-order valence-corrected chi connectivity index (χ0v) is 18.7. The summed E-state index contributed by atoms with van der Waals surface area (Å²) in [4.78, 5) is 31.1. The van der Waals surface area contributed by atoms with Crippen LogP contribution in [0.4, 0.5) is 23.2 Å². The van der Waals surface area contributed by atoms with Gasteiger partial charge in [0.25, 0.3) is 5.91 Å². The van der Waals surface area contributed by atoms with Crippen LogP contribution in [0, 0.1) is 12.7 Å². The van der Waals surface area contributed by atoms with E-state index >= 15 is 0 Å². The standard InChI is InChI=1S/C22H18F4N4O2.H2S/c1-12-11-29(16-5-3-15(4-6-16)22(24,25)26)21(32)20-14(8-28-30(12)20)7-19(31)17-9-27-10-18(23)13(17)2;/h3-6,8-10,12H,7,11H2,1-2H3;1H2/t12-;/m0./s1. The zero-order valence-electron chi connectivity index (χ0n) is 17.7. The highest BCUT2D eigenvalue weighted by atomic mass is 32.1. The summed E-state index contributed by atoms with van der Waals surface area (Å²) in [6, 6.07) is 4.05. The van der Waals surface area contributed by atoms with Gasteiger partial charge in [0, 0.05) is 36.0 Å². The summed E-state index contributed by atoms with van der Waals surface area (Å²) < 4.78 is 53.9. The Morgan fingerprint density at radius 1 is 1.15 bits per heavy atom. The Morgan fingerprint density at radius 3 is 2.45 bits per heavy atom. The van der Waals surface area contributed by atoms with Crippen molar-refractivity contribution in [3.63, 3.8) is 0 Å². The number of carbonyl (C=O) groups excluding carboxylic acids is 2. The number of hydrogen-bond acceptors (Lipinski definition) is 4. The van der Waals surface area contributed by atoms with Gasteiger partial charge in [0.05, 0.1) is 24.0 Å². The average Bonchev–Trinajstić information content (AvgIpc) is 3.16. The molecule has 0 radical (unpaired) electrons.